The van der Waals surface area contributed by atoms with Crippen molar-refractivity contribution in [1.82, 2.24) is 0 Å². The molecule has 0 aromatic rings. The fourth-order valence-electron chi connectivity index (χ4n) is 1.38. The zero-order valence-corrected chi connectivity index (χ0v) is 11.2. The lowest BCUT2D eigenvalue weighted by Crippen LogP contribution is -2.32. The lowest BCUT2D eigenvalue weighted by atomic mass is 10.0. The van der Waals surface area contributed by atoms with E-state index in [0.717, 1.165) is 12.8 Å². The van der Waals surface area contributed by atoms with E-state index in [1.54, 1.807) is 0 Å². The van der Waals surface area contributed by atoms with Gasteiger partial charge in [-0.15, -0.1) is 0 Å². The summed E-state index contributed by atoms with van der Waals surface area (Å²) in [5, 5.41) is 9.67. The standard InChI is InChI=1S/C12H22O6/c1-4-5-6-18-8-9(13)7-10(11(14)16-2)12(15)17-3/h9-10,13H,4-8H2,1-3H3. The summed E-state index contributed by atoms with van der Waals surface area (Å²) in [5.74, 6) is -2.53. The van der Waals surface area contributed by atoms with Crippen molar-refractivity contribution in [3.63, 3.8) is 0 Å². The van der Waals surface area contributed by atoms with Gasteiger partial charge in [0.15, 0.2) is 5.92 Å². The molecule has 6 nitrogen and oxygen atoms in total. The van der Waals surface area contributed by atoms with E-state index in [2.05, 4.69) is 9.47 Å². The van der Waals surface area contributed by atoms with Crippen molar-refractivity contribution in [2.45, 2.75) is 32.3 Å². The predicted molar refractivity (Wildman–Crippen MR) is 63.9 cm³/mol. The van der Waals surface area contributed by atoms with Crippen LogP contribution in [0.5, 0.6) is 0 Å². The molecule has 0 bridgehead atoms. The Morgan fingerprint density at radius 3 is 2.17 bits per heavy atom. The Morgan fingerprint density at radius 1 is 1.17 bits per heavy atom. The van der Waals surface area contributed by atoms with E-state index in [1.165, 1.54) is 14.2 Å². The van der Waals surface area contributed by atoms with Crippen molar-refractivity contribution in [3.05, 3.63) is 0 Å². The van der Waals surface area contributed by atoms with Gasteiger partial charge in [0.05, 0.1) is 26.9 Å². The highest BCUT2D eigenvalue weighted by atomic mass is 16.5. The van der Waals surface area contributed by atoms with Crippen LogP contribution < -0.4 is 0 Å². The van der Waals surface area contributed by atoms with Crippen LogP contribution in [0.25, 0.3) is 0 Å². The van der Waals surface area contributed by atoms with Crippen molar-refractivity contribution < 1.29 is 28.9 Å². The van der Waals surface area contributed by atoms with Crippen molar-refractivity contribution in [2.24, 2.45) is 5.92 Å². The number of esters is 2. The Hall–Kier alpha value is -1.14. The molecule has 6 heteroatoms. The van der Waals surface area contributed by atoms with Crippen LogP contribution in [0.3, 0.4) is 0 Å². The van der Waals surface area contributed by atoms with Crippen LogP contribution in [0.2, 0.25) is 0 Å². The summed E-state index contributed by atoms with van der Waals surface area (Å²) >= 11 is 0. The molecule has 0 fully saturated rings. The molecule has 0 rings (SSSR count). The van der Waals surface area contributed by atoms with Gasteiger partial charge in [0.25, 0.3) is 0 Å². The molecule has 0 amide bonds. The van der Waals surface area contributed by atoms with Crippen molar-refractivity contribution in [1.29, 1.82) is 0 Å². The third-order valence-corrected chi connectivity index (χ3v) is 2.43. The zero-order chi connectivity index (χ0) is 14.0. The lowest BCUT2D eigenvalue weighted by Gasteiger charge is -2.16. The van der Waals surface area contributed by atoms with E-state index in [-0.39, 0.29) is 13.0 Å². The molecule has 0 heterocycles. The number of aliphatic hydroxyl groups is 1. The highest BCUT2D eigenvalue weighted by molar-refractivity contribution is 5.94. The molecule has 1 unspecified atom stereocenters. The normalized spacial score (nSPS) is 12.3. The second-order valence-corrected chi connectivity index (χ2v) is 3.92. The second-order valence-electron chi connectivity index (χ2n) is 3.92. The first-order chi connectivity index (χ1) is 8.56. The Balaban J connectivity index is 4.14. The smallest absolute Gasteiger partial charge is 0.320 e. The summed E-state index contributed by atoms with van der Waals surface area (Å²) in [6.45, 7) is 2.67. The van der Waals surface area contributed by atoms with Crippen molar-refractivity contribution in [3.8, 4) is 0 Å². The molecule has 1 N–H and O–H groups in total. The van der Waals surface area contributed by atoms with Crippen LogP contribution in [-0.4, -0.2) is 50.6 Å². The monoisotopic (exact) mass is 262 g/mol. The molecule has 1 atom stereocenters. The highest BCUT2D eigenvalue weighted by Gasteiger charge is 2.31. The first-order valence-corrected chi connectivity index (χ1v) is 5.98. The molecule has 0 saturated heterocycles. The Labute approximate surface area is 107 Å². The van der Waals surface area contributed by atoms with Gasteiger partial charge >= 0.3 is 11.9 Å². The van der Waals surface area contributed by atoms with Gasteiger partial charge < -0.3 is 19.3 Å². The Morgan fingerprint density at radius 2 is 1.72 bits per heavy atom. The largest absolute Gasteiger partial charge is 0.468 e. The molecular weight excluding hydrogens is 240 g/mol. The summed E-state index contributed by atoms with van der Waals surface area (Å²) in [4.78, 5) is 22.7. The maximum Gasteiger partial charge on any atom is 0.320 e. The van der Waals surface area contributed by atoms with E-state index in [1.807, 2.05) is 6.92 Å². The Kier molecular flexibility index (Phi) is 9.22. The molecule has 106 valence electrons. The summed E-state index contributed by atoms with van der Waals surface area (Å²) < 4.78 is 14.2. The van der Waals surface area contributed by atoms with Crippen molar-refractivity contribution >= 4 is 11.9 Å². The van der Waals surface area contributed by atoms with Crippen LogP contribution in [0.4, 0.5) is 0 Å². The van der Waals surface area contributed by atoms with Crippen LogP contribution in [0.1, 0.15) is 26.2 Å². The number of carbonyl (C=O) groups is 2. The van der Waals surface area contributed by atoms with Gasteiger partial charge in [-0.3, -0.25) is 9.59 Å². The molecule has 0 radical (unpaired) electrons. The number of hydrogen-bond donors (Lipinski definition) is 1. The predicted octanol–water partition coefficient (Wildman–Crippen LogP) is 0.516. The van der Waals surface area contributed by atoms with E-state index in [0.29, 0.717) is 6.61 Å². The number of ether oxygens (including phenoxy) is 3. The molecule has 0 aliphatic rings. The topological polar surface area (TPSA) is 82.1 Å². The third-order valence-electron chi connectivity index (χ3n) is 2.43. The minimum absolute atomic E-state index is 0.0640. The van der Waals surface area contributed by atoms with E-state index in [4.69, 9.17) is 4.74 Å². The number of hydrogen-bond acceptors (Lipinski definition) is 6. The van der Waals surface area contributed by atoms with Crippen molar-refractivity contribution in [2.75, 3.05) is 27.4 Å². The van der Waals surface area contributed by atoms with Gasteiger partial charge in [0, 0.05) is 6.61 Å². The number of aliphatic hydroxyl groups excluding tert-OH is 1. The molecule has 0 aromatic carbocycles. The first kappa shape index (κ1) is 16.9. The average Bonchev–Trinajstić information content (AvgIpc) is 2.39. The number of rotatable bonds is 9. The molecule has 0 spiro atoms. The minimum Gasteiger partial charge on any atom is -0.468 e. The van der Waals surface area contributed by atoms with Crippen LogP contribution in [-0.2, 0) is 23.8 Å². The Bertz CT molecular complexity index is 237. The fraction of sp³-hybridized carbons (Fsp3) is 0.833. The minimum atomic E-state index is -1.11. The van der Waals surface area contributed by atoms with Gasteiger partial charge in [-0.05, 0) is 12.8 Å². The zero-order valence-electron chi connectivity index (χ0n) is 11.2. The average molecular weight is 262 g/mol. The summed E-state index contributed by atoms with van der Waals surface area (Å²) in [7, 11) is 2.37. The number of carbonyl (C=O) groups excluding carboxylic acids is 2. The van der Waals surface area contributed by atoms with Crippen LogP contribution in [0.15, 0.2) is 0 Å². The maximum absolute atomic E-state index is 11.3. The molecule has 0 aliphatic carbocycles. The lowest BCUT2D eigenvalue weighted by molar-refractivity contribution is -0.160. The summed E-state index contributed by atoms with van der Waals surface area (Å²) in [6.07, 6.45) is 0.948. The molecule has 0 saturated carbocycles. The molecule has 0 aliphatic heterocycles. The number of methoxy groups -OCH3 is 2. The van der Waals surface area contributed by atoms with Crippen LogP contribution >= 0.6 is 0 Å². The summed E-state index contributed by atoms with van der Waals surface area (Å²) in [5.41, 5.74) is 0. The fourth-order valence-corrected chi connectivity index (χ4v) is 1.38. The van der Waals surface area contributed by atoms with Crippen LogP contribution in [0, 0.1) is 5.92 Å². The SMILES string of the molecule is CCCCOCC(O)CC(C(=O)OC)C(=O)OC. The second kappa shape index (κ2) is 9.85. The first-order valence-electron chi connectivity index (χ1n) is 5.98. The molecule has 18 heavy (non-hydrogen) atoms. The van der Waals surface area contributed by atoms with Gasteiger partial charge in [0.1, 0.15) is 0 Å². The molecular formula is C12H22O6. The van der Waals surface area contributed by atoms with E-state index < -0.39 is 24.0 Å². The van der Waals surface area contributed by atoms with Gasteiger partial charge in [0.2, 0.25) is 0 Å². The summed E-state index contributed by atoms with van der Waals surface area (Å²) in [6, 6.07) is 0. The third kappa shape index (κ3) is 6.56. The van der Waals surface area contributed by atoms with E-state index >= 15 is 0 Å². The maximum atomic E-state index is 11.3. The highest BCUT2D eigenvalue weighted by Crippen LogP contribution is 2.11. The number of unbranched alkanes of at least 4 members (excludes halogenated alkanes) is 1. The quantitative estimate of drug-likeness (QED) is 0.370. The van der Waals surface area contributed by atoms with Gasteiger partial charge in [-0.1, -0.05) is 13.3 Å². The molecule has 0 aromatic heterocycles. The van der Waals surface area contributed by atoms with E-state index in [9.17, 15) is 14.7 Å². The van der Waals surface area contributed by atoms with Gasteiger partial charge in [-0.2, -0.15) is 0 Å². The van der Waals surface area contributed by atoms with Gasteiger partial charge in [-0.25, -0.2) is 0 Å².